The Hall–Kier alpha value is -2.49. The predicted octanol–water partition coefficient (Wildman–Crippen LogP) is 3.36. The van der Waals surface area contributed by atoms with Crippen LogP contribution in [0.1, 0.15) is 22.8 Å². The van der Waals surface area contributed by atoms with Crippen LogP contribution in [0.2, 0.25) is 0 Å². The van der Waals surface area contributed by atoms with E-state index in [1.54, 1.807) is 12.1 Å². The molecule has 0 fully saturated rings. The summed E-state index contributed by atoms with van der Waals surface area (Å²) in [6, 6.07) is 14.0. The molecule has 0 bridgehead atoms. The van der Waals surface area contributed by atoms with Crippen LogP contribution in [0, 0.1) is 0 Å². The van der Waals surface area contributed by atoms with E-state index in [1.165, 1.54) is 12.1 Å². The van der Waals surface area contributed by atoms with Gasteiger partial charge in [-0.15, -0.1) is 0 Å². The molecule has 0 spiro atoms. The number of carboxylic acids is 1. The number of aromatic carboxylic acids is 1. The van der Waals surface area contributed by atoms with Gasteiger partial charge >= 0.3 is 5.97 Å². The van der Waals surface area contributed by atoms with Crippen LogP contribution in [-0.2, 0) is 6.61 Å². The van der Waals surface area contributed by atoms with Crippen LogP contribution in [0.25, 0.3) is 0 Å². The van der Waals surface area contributed by atoms with Crippen LogP contribution < -0.4 is 9.47 Å². The zero-order valence-corrected chi connectivity index (χ0v) is 11.2. The highest BCUT2D eigenvalue weighted by molar-refractivity contribution is 5.87. The van der Waals surface area contributed by atoms with Gasteiger partial charge in [-0.1, -0.05) is 12.1 Å². The summed E-state index contributed by atoms with van der Waals surface area (Å²) in [5.74, 6) is 0.507. The lowest BCUT2D eigenvalue weighted by atomic mass is 10.2. The predicted molar refractivity (Wildman–Crippen MR) is 75.3 cm³/mol. The standard InChI is InChI=1S/C16H16O4/c1-2-19-15-5-3-4-12(10-15)11-20-14-8-6-13(7-9-14)16(17)18/h3-10H,2,11H2,1H3,(H,17,18). The van der Waals surface area contributed by atoms with Gasteiger partial charge in [0, 0.05) is 0 Å². The van der Waals surface area contributed by atoms with Crippen LogP contribution >= 0.6 is 0 Å². The lowest BCUT2D eigenvalue weighted by Crippen LogP contribution is -1.99. The van der Waals surface area contributed by atoms with E-state index in [4.69, 9.17) is 14.6 Å². The quantitative estimate of drug-likeness (QED) is 0.876. The maximum absolute atomic E-state index is 10.7. The first kappa shape index (κ1) is 13.9. The summed E-state index contributed by atoms with van der Waals surface area (Å²) in [7, 11) is 0. The summed E-state index contributed by atoms with van der Waals surface area (Å²) in [6.07, 6.45) is 0. The minimum atomic E-state index is -0.944. The molecule has 0 radical (unpaired) electrons. The maximum atomic E-state index is 10.7. The highest BCUT2D eigenvalue weighted by atomic mass is 16.5. The topological polar surface area (TPSA) is 55.8 Å². The van der Waals surface area contributed by atoms with Gasteiger partial charge in [-0.2, -0.15) is 0 Å². The molecule has 0 aliphatic rings. The van der Waals surface area contributed by atoms with Gasteiger partial charge in [0.05, 0.1) is 12.2 Å². The number of hydrogen-bond acceptors (Lipinski definition) is 3. The molecule has 0 aliphatic carbocycles. The Bertz CT molecular complexity index is 575. The van der Waals surface area contributed by atoms with Crippen LogP contribution in [-0.4, -0.2) is 17.7 Å². The second-order valence-electron chi connectivity index (χ2n) is 4.20. The first-order valence-corrected chi connectivity index (χ1v) is 6.37. The van der Waals surface area contributed by atoms with Gasteiger partial charge in [-0.3, -0.25) is 0 Å². The number of ether oxygens (including phenoxy) is 2. The van der Waals surface area contributed by atoms with E-state index in [0.717, 1.165) is 11.3 Å². The van der Waals surface area contributed by atoms with Crippen LogP contribution in [0.4, 0.5) is 0 Å². The lowest BCUT2D eigenvalue weighted by molar-refractivity contribution is 0.0697. The Morgan fingerprint density at radius 3 is 2.45 bits per heavy atom. The van der Waals surface area contributed by atoms with Crippen LogP contribution in [0.3, 0.4) is 0 Å². The van der Waals surface area contributed by atoms with Crippen molar-refractivity contribution in [2.75, 3.05) is 6.61 Å². The van der Waals surface area contributed by atoms with Crippen molar-refractivity contribution in [2.45, 2.75) is 13.5 Å². The molecule has 1 N–H and O–H groups in total. The minimum absolute atomic E-state index is 0.246. The first-order chi connectivity index (χ1) is 9.69. The van der Waals surface area contributed by atoms with Gasteiger partial charge < -0.3 is 14.6 Å². The fraction of sp³-hybridized carbons (Fsp3) is 0.188. The Balaban J connectivity index is 1.97. The molecule has 4 nitrogen and oxygen atoms in total. The summed E-state index contributed by atoms with van der Waals surface area (Å²) >= 11 is 0. The average molecular weight is 272 g/mol. The summed E-state index contributed by atoms with van der Waals surface area (Å²) < 4.78 is 11.0. The van der Waals surface area contributed by atoms with Gasteiger partial charge in [0.15, 0.2) is 0 Å². The third-order valence-corrected chi connectivity index (χ3v) is 2.72. The summed E-state index contributed by atoms with van der Waals surface area (Å²) in [5, 5.41) is 8.81. The van der Waals surface area contributed by atoms with E-state index in [0.29, 0.717) is 19.0 Å². The highest BCUT2D eigenvalue weighted by Gasteiger charge is 2.03. The highest BCUT2D eigenvalue weighted by Crippen LogP contribution is 2.17. The molecule has 0 heterocycles. The number of rotatable bonds is 6. The number of benzene rings is 2. The van der Waals surface area contributed by atoms with E-state index in [-0.39, 0.29) is 5.56 Å². The van der Waals surface area contributed by atoms with Gasteiger partial charge in [0.2, 0.25) is 0 Å². The molecule has 2 rings (SSSR count). The number of hydrogen-bond donors (Lipinski definition) is 1. The summed E-state index contributed by atoms with van der Waals surface area (Å²) in [5.41, 5.74) is 1.24. The molecule has 2 aromatic carbocycles. The molecule has 0 unspecified atom stereocenters. The van der Waals surface area contributed by atoms with Crippen molar-refractivity contribution in [3.8, 4) is 11.5 Å². The number of carboxylic acid groups (broad SMARTS) is 1. The Morgan fingerprint density at radius 1 is 1.05 bits per heavy atom. The summed E-state index contributed by atoms with van der Waals surface area (Å²) in [6.45, 7) is 2.97. The molecule has 2 aromatic rings. The molecule has 0 aromatic heterocycles. The van der Waals surface area contributed by atoms with E-state index in [2.05, 4.69) is 0 Å². The molecular weight excluding hydrogens is 256 g/mol. The molecule has 104 valence electrons. The van der Waals surface area contributed by atoms with Gasteiger partial charge in [0.1, 0.15) is 18.1 Å². The smallest absolute Gasteiger partial charge is 0.335 e. The normalized spacial score (nSPS) is 10.1. The Morgan fingerprint density at radius 2 is 1.80 bits per heavy atom. The monoisotopic (exact) mass is 272 g/mol. The fourth-order valence-electron chi connectivity index (χ4n) is 1.75. The fourth-order valence-corrected chi connectivity index (χ4v) is 1.75. The third-order valence-electron chi connectivity index (χ3n) is 2.72. The largest absolute Gasteiger partial charge is 0.494 e. The molecular formula is C16H16O4. The third kappa shape index (κ3) is 3.75. The van der Waals surface area contributed by atoms with Crippen molar-refractivity contribution in [3.05, 3.63) is 59.7 Å². The van der Waals surface area contributed by atoms with E-state index in [9.17, 15) is 4.79 Å². The van der Waals surface area contributed by atoms with Crippen molar-refractivity contribution in [1.29, 1.82) is 0 Å². The van der Waals surface area contributed by atoms with Gasteiger partial charge in [0.25, 0.3) is 0 Å². The zero-order valence-electron chi connectivity index (χ0n) is 11.2. The first-order valence-electron chi connectivity index (χ1n) is 6.37. The second-order valence-corrected chi connectivity index (χ2v) is 4.20. The SMILES string of the molecule is CCOc1cccc(COc2ccc(C(=O)O)cc2)c1. The molecule has 0 amide bonds. The molecule has 4 heteroatoms. The second kappa shape index (κ2) is 6.61. The van der Waals surface area contributed by atoms with E-state index in [1.807, 2.05) is 31.2 Å². The average Bonchev–Trinajstić information content (AvgIpc) is 2.46. The molecule has 20 heavy (non-hydrogen) atoms. The zero-order chi connectivity index (χ0) is 14.4. The van der Waals surface area contributed by atoms with Crippen molar-refractivity contribution >= 4 is 5.97 Å². The Kier molecular flexibility index (Phi) is 4.60. The number of carbonyl (C=O) groups is 1. The van der Waals surface area contributed by atoms with Crippen molar-refractivity contribution in [2.24, 2.45) is 0 Å². The minimum Gasteiger partial charge on any atom is -0.494 e. The van der Waals surface area contributed by atoms with Gasteiger partial charge in [-0.05, 0) is 48.9 Å². The van der Waals surface area contributed by atoms with E-state index >= 15 is 0 Å². The van der Waals surface area contributed by atoms with Crippen LogP contribution in [0.5, 0.6) is 11.5 Å². The Labute approximate surface area is 117 Å². The van der Waals surface area contributed by atoms with Crippen molar-refractivity contribution < 1.29 is 19.4 Å². The maximum Gasteiger partial charge on any atom is 0.335 e. The lowest BCUT2D eigenvalue weighted by Gasteiger charge is -2.08. The van der Waals surface area contributed by atoms with Crippen molar-refractivity contribution in [1.82, 2.24) is 0 Å². The molecule has 0 aliphatic heterocycles. The summed E-state index contributed by atoms with van der Waals surface area (Å²) in [4.78, 5) is 10.7. The van der Waals surface area contributed by atoms with Crippen LogP contribution in [0.15, 0.2) is 48.5 Å². The van der Waals surface area contributed by atoms with Gasteiger partial charge in [-0.25, -0.2) is 4.79 Å². The molecule has 0 saturated heterocycles. The molecule has 0 atom stereocenters. The van der Waals surface area contributed by atoms with E-state index < -0.39 is 5.97 Å². The molecule has 0 saturated carbocycles. The van der Waals surface area contributed by atoms with Crippen molar-refractivity contribution in [3.63, 3.8) is 0 Å².